The summed E-state index contributed by atoms with van der Waals surface area (Å²) in [7, 11) is 0. The normalized spacial score (nSPS) is 22.1. The van der Waals surface area contributed by atoms with Crippen LogP contribution in [0.1, 0.15) is 18.5 Å². The number of carbonyl (C=O) groups is 1. The molecule has 1 amide bonds. The van der Waals surface area contributed by atoms with Gasteiger partial charge in [-0.1, -0.05) is 0 Å². The summed E-state index contributed by atoms with van der Waals surface area (Å²) in [6.07, 6.45) is 2.14. The molecule has 0 aliphatic carbocycles. The molecule has 0 unspecified atom stereocenters. The third-order valence-corrected chi connectivity index (χ3v) is 5.11. The van der Waals surface area contributed by atoms with Gasteiger partial charge in [-0.2, -0.15) is 0 Å². The van der Waals surface area contributed by atoms with Gasteiger partial charge < -0.3 is 19.3 Å². The first-order chi connectivity index (χ1) is 12.0. The van der Waals surface area contributed by atoms with Gasteiger partial charge in [0.1, 0.15) is 12.3 Å². The first-order valence-electron chi connectivity index (χ1n) is 9.01. The van der Waals surface area contributed by atoms with Crippen LogP contribution < -0.4 is 5.56 Å². The van der Waals surface area contributed by atoms with Crippen molar-refractivity contribution in [3.63, 3.8) is 0 Å². The van der Waals surface area contributed by atoms with Gasteiger partial charge in [-0.3, -0.25) is 14.5 Å². The molecule has 7 nitrogen and oxygen atoms in total. The van der Waals surface area contributed by atoms with Crippen LogP contribution in [-0.2, 0) is 16.1 Å². The zero-order valence-corrected chi connectivity index (χ0v) is 14.8. The molecular weight excluding hydrogens is 322 g/mol. The lowest BCUT2D eigenvalue weighted by Crippen LogP contribution is -2.47. The second-order valence-corrected chi connectivity index (χ2v) is 7.04. The maximum Gasteiger partial charge on any atom is 0.254 e. The van der Waals surface area contributed by atoms with Gasteiger partial charge in [-0.05, 0) is 31.7 Å². The van der Waals surface area contributed by atoms with E-state index in [4.69, 9.17) is 4.74 Å². The van der Waals surface area contributed by atoms with E-state index < -0.39 is 0 Å². The minimum atomic E-state index is -0.340. The number of likely N-dealkylation sites (tertiary alicyclic amines) is 1. The Morgan fingerprint density at radius 1 is 1.28 bits per heavy atom. The Kier molecular flexibility index (Phi) is 5.75. The molecule has 3 rings (SSSR count). The van der Waals surface area contributed by atoms with Crippen molar-refractivity contribution in [2.45, 2.75) is 26.3 Å². The van der Waals surface area contributed by atoms with Crippen LogP contribution in [0.2, 0.25) is 0 Å². The van der Waals surface area contributed by atoms with Gasteiger partial charge >= 0.3 is 0 Å². The molecule has 0 spiro atoms. The quantitative estimate of drug-likeness (QED) is 0.853. The maximum atomic E-state index is 12.7. The summed E-state index contributed by atoms with van der Waals surface area (Å²) in [6, 6.07) is 2.66. The number of hydrogen-bond donors (Lipinski definition) is 1. The SMILES string of the molecule is Cc1cc(O)cc(=O)n1CC(=O)N1CCC[C@H](CN2CCOCC2)C1. The van der Waals surface area contributed by atoms with E-state index in [1.165, 1.54) is 10.6 Å². The molecule has 1 aromatic heterocycles. The van der Waals surface area contributed by atoms with Gasteiger partial charge in [-0.25, -0.2) is 0 Å². The number of nitrogens with zero attached hydrogens (tertiary/aromatic N) is 3. The molecule has 0 radical (unpaired) electrons. The molecule has 1 N–H and O–H groups in total. The third-order valence-electron chi connectivity index (χ3n) is 5.11. The first-order valence-corrected chi connectivity index (χ1v) is 9.01. The zero-order chi connectivity index (χ0) is 17.8. The molecular formula is C18H27N3O4. The largest absolute Gasteiger partial charge is 0.508 e. The highest BCUT2D eigenvalue weighted by Crippen LogP contribution is 2.19. The summed E-state index contributed by atoms with van der Waals surface area (Å²) < 4.78 is 6.81. The number of pyridine rings is 1. The van der Waals surface area contributed by atoms with Gasteiger partial charge in [0.2, 0.25) is 5.91 Å². The summed E-state index contributed by atoms with van der Waals surface area (Å²) >= 11 is 0. The van der Waals surface area contributed by atoms with Crippen LogP contribution in [0.3, 0.4) is 0 Å². The predicted octanol–water partition coefficient (Wildman–Crippen LogP) is 0.433. The molecule has 2 aliphatic heterocycles. The van der Waals surface area contributed by atoms with Crippen molar-refractivity contribution in [3.8, 4) is 5.75 Å². The second kappa shape index (κ2) is 8.01. The van der Waals surface area contributed by atoms with Crippen LogP contribution in [-0.4, -0.2) is 71.3 Å². The van der Waals surface area contributed by atoms with Crippen molar-refractivity contribution >= 4 is 5.91 Å². The number of ether oxygens (including phenoxy) is 1. The van der Waals surface area contributed by atoms with E-state index in [0.717, 1.165) is 64.8 Å². The predicted molar refractivity (Wildman–Crippen MR) is 93.7 cm³/mol. The van der Waals surface area contributed by atoms with Gasteiger partial charge in [-0.15, -0.1) is 0 Å². The maximum absolute atomic E-state index is 12.7. The van der Waals surface area contributed by atoms with Crippen molar-refractivity contribution in [2.24, 2.45) is 5.92 Å². The lowest BCUT2D eigenvalue weighted by Gasteiger charge is -2.37. The highest BCUT2D eigenvalue weighted by atomic mass is 16.5. The van der Waals surface area contributed by atoms with E-state index in [0.29, 0.717) is 11.6 Å². The van der Waals surface area contributed by atoms with Crippen LogP contribution in [0.4, 0.5) is 0 Å². The monoisotopic (exact) mass is 349 g/mol. The van der Waals surface area contributed by atoms with E-state index >= 15 is 0 Å². The lowest BCUT2D eigenvalue weighted by molar-refractivity contribution is -0.134. The van der Waals surface area contributed by atoms with Crippen LogP contribution in [0, 0.1) is 12.8 Å². The molecule has 7 heteroatoms. The zero-order valence-electron chi connectivity index (χ0n) is 14.8. The number of aromatic hydroxyl groups is 1. The summed E-state index contributed by atoms with van der Waals surface area (Å²) in [5, 5.41) is 9.47. The Morgan fingerprint density at radius 2 is 2.04 bits per heavy atom. The molecule has 25 heavy (non-hydrogen) atoms. The Morgan fingerprint density at radius 3 is 2.76 bits per heavy atom. The molecule has 0 bridgehead atoms. The summed E-state index contributed by atoms with van der Waals surface area (Å²) in [4.78, 5) is 29.0. The Labute approximate surface area is 147 Å². The minimum Gasteiger partial charge on any atom is -0.508 e. The number of rotatable bonds is 4. The van der Waals surface area contributed by atoms with E-state index in [2.05, 4.69) is 4.90 Å². The minimum absolute atomic E-state index is 0.0254. The fourth-order valence-corrected chi connectivity index (χ4v) is 3.74. The second-order valence-electron chi connectivity index (χ2n) is 7.04. The van der Waals surface area contributed by atoms with Crippen LogP contribution in [0.25, 0.3) is 0 Å². The standard InChI is InChI=1S/C18H27N3O4/c1-14-9-16(22)10-17(23)21(14)13-18(24)20-4-2-3-15(12-20)11-19-5-7-25-8-6-19/h9-10,15,22H,2-8,11-13H2,1H3/t15-/m1/s1. The number of aryl methyl sites for hydroxylation is 1. The highest BCUT2D eigenvalue weighted by Gasteiger charge is 2.26. The summed E-state index contributed by atoms with van der Waals surface area (Å²) in [5.41, 5.74) is 0.257. The number of piperidine rings is 1. The molecule has 138 valence electrons. The van der Waals surface area contributed by atoms with E-state index in [9.17, 15) is 14.7 Å². The van der Waals surface area contributed by atoms with Crippen LogP contribution in [0.5, 0.6) is 5.75 Å². The van der Waals surface area contributed by atoms with Crippen molar-refractivity contribution < 1.29 is 14.6 Å². The van der Waals surface area contributed by atoms with Crippen LogP contribution in [0.15, 0.2) is 16.9 Å². The van der Waals surface area contributed by atoms with Crippen LogP contribution >= 0.6 is 0 Å². The first kappa shape index (κ1) is 17.9. The molecule has 1 atom stereocenters. The van der Waals surface area contributed by atoms with Crippen molar-refractivity contribution in [1.82, 2.24) is 14.4 Å². The van der Waals surface area contributed by atoms with Gasteiger partial charge in [0.15, 0.2) is 0 Å². The Hall–Kier alpha value is -1.86. The lowest BCUT2D eigenvalue weighted by atomic mass is 9.97. The fraction of sp³-hybridized carbons (Fsp3) is 0.667. The smallest absolute Gasteiger partial charge is 0.254 e. The Bertz CT molecular complexity index is 667. The van der Waals surface area contributed by atoms with Gasteiger partial charge in [0.25, 0.3) is 5.56 Å². The van der Waals surface area contributed by atoms with Crippen molar-refractivity contribution in [3.05, 3.63) is 28.2 Å². The number of aromatic nitrogens is 1. The van der Waals surface area contributed by atoms with Gasteiger partial charge in [0.05, 0.1) is 13.2 Å². The fourth-order valence-electron chi connectivity index (χ4n) is 3.74. The summed E-state index contributed by atoms with van der Waals surface area (Å²) in [6.45, 7) is 7.79. The molecule has 0 saturated carbocycles. The molecule has 0 aromatic carbocycles. The number of hydrogen-bond acceptors (Lipinski definition) is 5. The highest BCUT2D eigenvalue weighted by molar-refractivity contribution is 5.76. The molecule has 2 aliphatic rings. The van der Waals surface area contributed by atoms with E-state index in [1.807, 2.05) is 4.90 Å². The average Bonchev–Trinajstić information content (AvgIpc) is 2.59. The number of carbonyl (C=O) groups excluding carboxylic acids is 1. The molecule has 1 aromatic rings. The van der Waals surface area contributed by atoms with Crippen molar-refractivity contribution in [1.29, 1.82) is 0 Å². The van der Waals surface area contributed by atoms with Crippen molar-refractivity contribution in [2.75, 3.05) is 45.9 Å². The number of morpholine rings is 1. The molecule has 2 fully saturated rings. The topological polar surface area (TPSA) is 75.0 Å². The third kappa shape index (κ3) is 4.61. The van der Waals surface area contributed by atoms with E-state index in [-0.39, 0.29) is 23.8 Å². The Balaban J connectivity index is 1.59. The summed E-state index contributed by atoms with van der Waals surface area (Å²) in [5.74, 6) is 0.394. The van der Waals surface area contributed by atoms with Gasteiger partial charge in [0, 0.05) is 44.5 Å². The molecule has 3 heterocycles. The average molecular weight is 349 g/mol. The van der Waals surface area contributed by atoms with E-state index in [1.54, 1.807) is 6.92 Å². The number of amides is 1. The molecule has 2 saturated heterocycles.